The maximum Gasteiger partial charge on any atom is 0.275 e. The average molecular weight is 341 g/mol. The van der Waals surface area contributed by atoms with Gasteiger partial charge in [0.15, 0.2) is 0 Å². The molecule has 2 rings (SSSR count). The Morgan fingerprint density at radius 2 is 2.05 bits per heavy atom. The van der Waals surface area contributed by atoms with Crippen LogP contribution < -0.4 is 11.3 Å². The molecule has 0 aliphatic carbocycles. The minimum absolute atomic E-state index is 0.276. The zero-order valence-corrected chi connectivity index (χ0v) is 12.5. The van der Waals surface area contributed by atoms with Gasteiger partial charge in [-0.2, -0.15) is 0 Å². The van der Waals surface area contributed by atoms with Gasteiger partial charge in [0.05, 0.1) is 18.1 Å². The molecule has 3 N–H and O–H groups in total. The quantitative estimate of drug-likeness (QED) is 0.499. The van der Waals surface area contributed by atoms with E-state index in [9.17, 15) is 4.79 Å². The van der Waals surface area contributed by atoms with Crippen molar-refractivity contribution in [3.05, 3.63) is 56.2 Å². The van der Waals surface area contributed by atoms with Crippen LogP contribution in [0.1, 0.15) is 20.1 Å². The average Bonchev–Trinajstić information content (AvgIpc) is 2.89. The Labute approximate surface area is 123 Å². The molecule has 0 unspecified atom stereocenters. The SMILES string of the molecule is NNC(=O)c1ccc(COCc2ccccc2Br)s1. The van der Waals surface area contributed by atoms with Gasteiger partial charge in [-0.1, -0.05) is 34.1 Å². The van der Waals surface area contributed by atoms with E-state index >= 15 is 0 Å². The minimum Gasteiger partial charge on any atom is -0.371 e. The van der Waals surface area contributed by atoms with Crippen LogP contribution in [0.2, 0.25) is 0 Å². The highest BCUT2D eigenvalue weighted by atomic mass is 79.9. The topological polar surface area (TPSA) is 64.3 Å². The molecule has 0 aliphatic heterocycles. The molecular weight excluding hydrogens is 328 g/mol. The molecular formula is C13H13BrN2O2S. The molecule has 0 bridgehead atoms. The fourth-order valence-corrected chi connectivity index (χ4v) is 2.77. The van der Waals surface area contributed by atoms with Gasteiger partial charge in [-0.3, -0.25) is 10.2 Å². The zero-order valence-electron chi connectivity index (χ0n) is 10.1. The van der Waals surface area contributed by atoms with Crippen molar-refractivity contribution in [1.29, 1.82) is 0 Å². The van der Waals surface area contributed by atoms with Crippen LogP contribution in [0.25, 0.3) is 0 Å². The van der Waals surface area contributed by atoms with Gasteiger partial charge in [-0.05, 0) is 23.8 Å². The lowest BCUT2D eigenvalue weighted by molar-refractivity contribution is 0.0957. The molecule has 6 heteroatoms. The Kier molecular flexibility index (Phi) is 5.09. The Hall–Kier alpha value is -1.21. The summed E-state index contributed by atoms with van der Waals surface area (Å²) in [4.78, 5) is 12.9. The minimum atomic E-state index is -0.276. The van der Waals surface area contributed by atoms with Gasteiger partial charge in [-0.25, -0.2) is 5.84 Å². The third-order valence-electron chi connectivity index (χ3n) is 2.48. The molecule has 100 valence electrons. The number of hydrogen-bond acceptors (Lipinski definition) is 4. The van der Waals surface area contributed by atoms with Crippen LogP contribution in [0.3, 0.4) is 0 Å². The van der Waals surface area contributed by atoms with Crippen LogP contribution in [0.15, 0.2) is 40.9 Å². The number of carbonyl (C=O) groups is 1. The van der Waals surface area contributed by atoms with Crippen molar-refractivity contribution < 1.29 is 9.53 Å². The molecule has 4 nitrogen and oxygen atoms in total. The number of ether oxygens (including phenoxy) is 1. The Bertz CT molecular complexity index is 571. The summed E-state index contributed by atoms with van der Waals surface area (Å²) < 4.78 is 6.66. The third-order valence-corrected chi connectivity index (χ3v) is 4.31. The highest BCUT2D eigenvalue weighted by Gasteiger charge is 2.07. The number of carbonyl (C=O) groups excluding carboxylic acids is 1. The molecule has 0 saturated heterocycles. The normalized spacial score (nSPS) is 10.4. The van der Waals surface area contributed by atoms with Gasteiger partial charge in [0.25, 0.3) is 5.91 Å². The van der Waals surface area contributed by atoms with Gasteiger partial charge >= 0.3 is 0 Å². The van der Waals surface area contributed by atoms with Gasteiger partial charge < -0.3 is 4.74 Å². The number of hydrazine groups is 1. The van der Waals surface area contributed by atoms with Crippen LogP contribution in [-0.4, -0.2) is 5.91 Å². The van der Waals surface area contributed by atoms with Gasteiger partial charge in [0.1, 0.15) is 0 Å². The number of halogens is 1. The molecule has 0 atom stereocenters. The Morgan fingerprint density at radius 1 is 1.26 bits per heavy atom. The molecule has 1 aromatic heterocycles. The molecule has 0 fully saturated rings. The van der Waals surface area contributed by atoms with Crippen LogP contribution >= 0.6 is 27.3 Å². The first kappa shape index (κ1) is 14.2. The highest BCUT2D eigenvalue weighted by Crippen LogP contribution is 2.20. The summed E-state index contributed by atoms with van der Waals surface area (Å²) in [7, 11) is 0. The molecule has 1 heterocycles. The number of nitrogens with two attached hydrogens (primary N) is 1. The lowest BCUT2D eigenvalue weighted by atomic mass is 10.2. The van der Waals surface area contributed by atoms with E-state index in [1.165, 1.54) is 11.3 Å². The lowest BCUT2D eigenvalue weighted by Gasteiger charge is -2.04. The summed E-state index contributed by atoms with van der Waals surface area (Å²) >= 11 is 4.85. The molecule has 0 saturated carbocycles. The number of amides is 1. The van der Waals surface area contributed by atoms with E-state index < -0.39 is 0 Å². The molecule has 0 spiro atoms. The zero-order chi connectivity index (χ0) is 13.7. The largest absolute Gasteiger partial charge is 0.371 e. The van der Waals surface area contributed by atoms with E-state index in [1.54, 1.807) is 6.07 Å². The van der Waals surface area contributed by atoms with Crippen molar-refractivity contribution in [2.24, 2.45) is 5.84 Å². The molecule has 19 heavy (non-hydrogen) atoms. The standard InChI is InChI=1S/C13H13BrN2O2S/c14-11-4-2-1-3-9(11)7-18-8-10-5-6-12(19-10)13(17)16-15/h1-6H,7-8,15H2,(H,16,17). The highest BCUT2D eigenvalue weighted by molar-refractivity contribution is 9.10. The summed E-state index contributed by atoms with van der Waals surface area (Å²) in [6, 6.07) is 11.5. The lowest BCUT2D eigenvalue weighted by Crippen LogP contribution is -2.29. The van der Waals surface area contributed by atoms with Crippen molar-refractivity contribution in [3.8, 4) is 0 Å². The predicted octanol–water partition coefficient (Wildman–Crippen LogP) is 2.83. The number of nitrogen functional groups attached to an aromatic ring is 1. The third kappa shape index (κ3) is 3.87. The summed E-state index contributed by atoms with van der Waals surface area (Å²) in [5, 5.41) is 0. The smallest absolute Gasteiger partial charge is 0.275 e. The number of benzene rings is 1. The second-order valence-corrected chi connectivity index (χ2v) is 5.85. The number of nitrogens with one attached hydrogen (secondary N) is 1. The molecule has 1 aromatic carbocycles. The number of rotatable bonds is 5. The predicted molar refractivity (Wildman–Crippen MR) is 78.6 cm³/mol. The maximum atomic E-state index is 11.3. The molecule has 0 radical (unpaired) electrons. The van der Waals surface area contributed by atoms with Crippen molar-refractivity contribution in [2.75, 3.05) is 0 Å². The Balaban J connectivity index is 1.88. The maximum absolute atomic E-state index is 11.3. The van der Waals surface area contributed by atoms with Gasteiger partial charge in [-0.15, -0.1) is 11.3 Å². The van der Waals surface area contributed by atoms with Crippen molar-refractivity contribution in [3.63, 3.8) is 0 Å². The summed E-state index contributed by atoms with van der Waals surface area (Å²) in [5.41, 5.74) is 3.20. The van der Waals surface area contributed by atoms with E-state index in [4.69, 9.17) is 10.6 Å². The van der Waals surface area contributed by atoms with Crippen LogP contribution in [0.5, 0.6) is 0 Å². The first-order valence-corrected chi connectivity index (χ1v) is 7.22. The van der Waals surface area contributed by atoms with Crippen molar-refractivity contribution in [1.82, 2.24) is 5.43 Å². The Morgan fingerprint density at radius 3 is 2.79 bits per heavy atom. The fourth-order valence-electron chi connectivity index (χ4n) is 1.53. The van der Waals surface area contributed by atoms with Crippen LogP contribution in [0, 0.1) is 0 Å². The summed E-state index contributed by atoms with van der Waals surface area (Å²) in [6.45, 7) is 1.00. The molecule has 0 aliphatic rings. The van der Waals surface area contributed by atoms with Crippen molar-refractivity contribution >= 4 is 33.2 Å². The van der Waals surface area contributed by atoms with Crippen LogP contribution in [0.4, 0.5) is 0 Å². The second kappa shape index (κ2) is 6.81. The molecule has 1 amide bonds. The second-order valence-electron chi connectivity index (χ2n) is 3.82. The van der Waals surface area contributed by atoms with E-state index in [-0.39, 0.29) is 5.91 Å². The first-order chi connectivity index (χ1) is 9.20. The van der Waals surface area contributed by atoms with Gasteiger partial charge in [0, 0.05) is 9.35 Å². The fraction of sp³-hybridized carbons (Fsp3) is 0.154. The summed E-state index contributed by atoms with van der Waals surface area (Å²) in [6.07, 6.45) is 0. The van der Waals surface area contributed by atoms with E-state index in [1.807, 2.05) is 30.3 Å². The van der Waals surface area contributed by atoms with Crippen molar-refractivity contribution in [2.45, 2.75) is 13.2 Å². The number of hydrogen-bond donors (Lipinski definition) is 2. The number of thiophene rings is 1. The monoisotopic (exact) mass is 340 g/mol. The first-order valence-electron chi connectivity index (χ1n) is 5.61. The van der Waals surface area contributed by atoms with E-state index in [2.05, 4.69) is 21.4 Å². The van der Waals surface area contributed by atoms with Crippen LogP contribution in [-0.2, 0) is 18.0 Å². The van der Waals surface area contributed by atoms with Gasteiger partial charge in [0.2, 0.25) is 0 Å². The van der Waals surface area contributed by atoms with E-state index in [0.717, 1.165) is 14.9 Å². The molecule has 2 aromatic rings. The summed E-state index contributed by atoms with van der Waals surface area (Å²) in [5.74, 6) is 4.80. The van der Waals surface area contributed by atoms with E-state index in [0.29, 0.717) is 18.1 Å².